The van der Waals surface area contributed by atoms with Gasteiger partial charge in [-0.05, 0) is 38.1 Å². The maximum absolute atomic E-state index is 13.6. The van der Waals surface area contributed by atoms with Gasteiger partial charge in [-0.3, -0.25) is 0 Å². The van der Waals surface area contributed by atoms with Crippen molar-refractivity contribution >= 4 is 10.0 Å². The number of sulfonamides is 1. The minimum absolute atomic E-state index is 0.145. The molecule has 1 fully saturated rings. The summed E-state index contributed by atoms with van der Waals surface area (Å²) in [5.41, 5.74) is 5.49. The first-order chi connectivity index (χ1) is 9.53. The summed E-state index contributed by atoms with van der Waals surface area (Å²) in [5.74, 6) is -0.722. The summed E-state index contributed by atoms with van der Waals surface area (Å²) in [6.07, 6.45) is 1.43. The van der Waals surface area contributed by atoms with Gasteiger partial charge in [0.25, 0.3) is 0 Å². The van der Waals surface area contributed by atoms with Gasteiger partial charge in [0.1, 0.15) is 10.7 Å². The molecular formula is C13H20FN3O2S. The van der Waals surface area contributed by atoms with E-state index in [2.05, 4.69) is 9.62 Å². The van der Waals surface area contributed by atoms with Crippen LogP contribution in [-0.2, 0) is 10.0 Å². The van der Waals surface area contributed by atoms with Crippen molar-refractivity contribution in [3.05, 3.63) is 30.1 Å². The summed E-state index contributed by atoms with van der Waals surface area (Å²) in [7, 11) is -3.79. The molecule has 112 valence electrons. The molecule has 1 aliphatic rings. The maximum atomic E-state index is 13.6. The molecule has 3 N–H and O–H groups in total. The van der Waals surface area contributed by atoms with E-state index in [1.165, 1.54) is 18.2 Å². The molecule has 0 amide bonds. The average molecular weight is 301 g/mol. The Morgan fingerprint density at radius 1 is 1.30 bits per heavy atom. The van der Waals surface area contributed by atoms with Gasteiger partial charge in [-0.25, -0.2) is 17.5 Å². The van der Waals surface area contributed by atoms with Crippen molar-refractivity contribution in [1.82, 2.24) is 9.62 Å². The lowest BCUT2D eigenvalue weighted by atomic mass is 10.1. The molecule has 0 unspecified atom stereocenters. The number of nitrogens with one attached hydrogen (secondary N) is 1. The summed E-state index contributed by atoms with van der Waals surface area (Å²) >= 11 is 0. The normalized spacial score (nSPS) is 18.3. The predicted molar refractivity (Wildman–Crippen MR) is 75.2 cm³/mol. The Balaban J connectivity index is 1.99. The van der Waals surface area contributed by atoms with E-state index < -0.39 is 15.8 Å². The molecule has 0 aromatic heterocycles. The van der Waals surface area contributed by atoms with Crippen LogP contribution in [-0.4, -0.2) is 45.5 Å². The number of halogens is 1. The molecule has 0 bridgehead atoms. The number of nitrogens with zero attached hydrogens (tertiary/aromatic N) is 1. The molecular weight excluding hydrogens is 281 g/mol. The minimum atomic E-state index is -3.79. The van der Waals surface area contributed by atoms with Crippen LogP contribution in [0.1, 0.15) is 12.8 Å². The summed E-state index contributed by atoms with van der Waals surface area (Å²) < 4.78 is 40.4. The van der Waals surface area contributed by atoms with E-state index in [1.54, 1.807) is 0 Å². The fourth-order valence-corrected chi connectivity index (χ4v) is 3.79. The fourth-order valence-electron chi connectivity index (χ4n) is 2.40. The highest BCUT2D eigenvalue weighted by Crippen LogP contribution is 2.17. The SMILES string of the molecule is NCCN1CCC(NS(=O)(=O)c2ccccc2F)CC1. The summed E-state index contributed by atoms with van der Waals surface area (Å²) in [6, 6.07) is 5.27. The zero-order valence-electron chi connectivity index (χ0n) is 11.3. The van der Waals surface area contributed by atoms with Crippen molar-refractivity contribution < 1.29 is 12.8 Å². The Bertz CT molecular complexity index is 542. The molecule has 1 saturated heterocycles. The highest BCUT2D eigenvalue weighted by atomic mass is 32.2. The standard InChI is InChI=1S/C13H20FN3O2S/c14-12-3-1-2-4-13(12)20(18,19)16-11-5-8-17(9-6-11)10-7-15/h1-4,11,16H,5-10,15H2. The zero-order chi connectivity index (χ0) is 14.6. The van der Waals surface area contributed by atoms with E-state index in [4.69, 9.17) is 5.73 Å². The molecule has 1 heterocycles. The molecule has 5 nitrogen and oxygen atoms in total. The first-order valence-electron chi connectivity index (χ1n) is 6.72. The monoisotopic (exact) mass is 301 g/mol. The van der Waals surface area contributed by atoms with Gasteiger partial charge in [-0.1, -0.05) is 12.1 Å². The third kappa shape index (κ3) is 3.76. The molecule has 1 aliphatic heterocycles. The van der Waals surface area contributed by atoms with Crippen LogP contribution in [0.25, 0.3) is 0 Å². The number of rotatable bonds is 5. The third-order valence-electron chi connectivity index (χ3n) is 3.48. The Kier molecular flexibility index (Phi) is 5.09. The maximum Gasteiger partial charge on any atom is 0.243 e. The minimum Gasteiger partial charge on any atom is -0.329 e. The average Bonchev–Trinajstić information content (AvgIpc) is 2.41. The molecule has 0 radical (unpaired) electrons. The van der Waals surface area contributed by atoms with Crippen molar-refractivity contribution in [2.24, 2.45) is 5.73 Å². The van der Waals surface area contributed by atoms with Gasteiger partial charge < -0.3 is 10.6 Å². The molecule has 7 heteroatoms. The Morgan fingerprint density at radius 2 is 1.95 bits per heavy atom. The van der Waals surface area contributed by atoms with Gasteiger partial charge in [-0.2, -0.15) is 0 Å². The Morgan fingerprint density at radius 3 is 2.55 bits per heavy atom. The van der Waals surface area contributed by atoms with Gasteiger partial charge in [0, 0.05) is 19.1 Å². The van der Waals surface area contributed by atoms with Crippen LogP contribution in [0.2, 0.25) is 0 Å². The molecule has 0 saturated carbocycles. The molecule has 0 aliphatic carbocycles. The quantitative estimate of drug-likeness (QED) is 0.832. The van der Waals surface area contributed by atoms with Crippen LogP contribution >= 0.6 is 0 Å². The van der Waals surface area contributed by atoms with Crippen LogP contribution in [0.4, 0.5) is 4.39 Å². The van der Waals surface area contributed by atoms with Gasteiger partial charge in [-0.15, -0.1) is 0 Å². The molecule has 2 rings (SSSR count). The Labute approximate surface area is 119 Å². The summed E-state index contributed by atoms with van der Waals surface area (Å²) in [4.78, 5) is 1.91. The van der Waals surface area contributed by atoms with E-state index in [0.29, 0.717) is 19.4 Å². The van der Waals surface area contributed by atoms with Crippen molar-refractivity contribution in [1.29, 1.82) is 0 Å². The van der Waals surface area contributed by atoms with Gasteiger partial charge in [0.05, 0.1) is 0 Å². The number of piperidine rings is 1. The number of benzene rings is 1. The lowest BCUT2D eigenvalue weighted by Crippen LogP contribution is -2.45. The highest BCUT2D eigenvalue weighted by molar-refractivity contribution is 7.89. The molecule has 1 aromatic carbocycles. The molecule has 0 spiro atoms. The van der Waals surface area contributed by atoms with Crippen LogP contribution < -0.4 is 10.5 Å². The van der Waals surface area contributed by atoms with E-state index in [1.807, 2.05) is 0 Å². The largest absolute Gasteiger partial charge is 0.329 e. The van der Waals surface area contributed by atoms with E-state index in [0.717, 1.165) is 25.7 Å². The molecule has 20 heavy (non-hydrogen) atoms. The van der Waals surface area contributed by atoms with Crippen molar-refractivity contribution in [2.75, 3.05) is 26.2 Å². The van der Waals surface area contributed by atoms with Crippen molar-refractivity contribution in [3.8, 4) is 0 Å². The first kappa shape index (κ1) is 15.4. The summed E-state index contributed by atoms with van der Waals surface area (Å²) in [6.45, 7) is 3.04. The second kappa shape index (κ2) is 6.62. The molecule has 1 aromatic rings. The van der Waals surface area contributed by atoms with Gasteiger partial charge >= 0.3 is 0 Å². The second-order valence-electron chi connectivity index (χ2n) is 4.96. The van der Waals surface area contributed by atoms with Gasteiger partial charge in [0.2, 0.25) is 10.0 Å². The number of hydrogen-bond acceptors (Lipinski definition) is 4. The predicted octanol–water partition coefficient (Wildman–Crippen LogP) is 0.527. The fraction of sp³-hybridized carbons (Fsp3) is 0.538. The topological polar surface area (TPSA) is 75.4 Å². The Hall–Kier alpha value is -1.02. The highest BCUT2D eigenvalue weighted by Gasteiger charge is 2.25. The lowest BCUT2D eigenvalue weighted by Gasteiger charge is -2.31. The lowest BCUT2D eigenvalue weighted by molar-refractivity contribution is 0.212. The van der Waals surface area contributed by atoms with Crippen LogP contribution in [0.3, 0.4) is 0 Å². The van der Waals surface area contributed by atoms with E-state index in [9.17, 15) is 12.8 Å². The molecule has 0 atom stereocenters. The van der Waals surface area contributed by atoms with E-state index in [-0.39, 0.29) is 10.9 Å². The van der Waals surface area contributed by atoms with Crippen LogP contribution in [0.5, 0.6) is 0 Å². The second-order valence-corrected chi connectivity index (χ2v) is 6.64. The smallest absolute Gasteiger partial charge is 0.243 e. The van der Waals surface area contributed by atoms with Crippen LogP contribution in [0, 0.1) is 5.82 Å². The van der Waals surface area contributed by atoms with Gasteiger partial charge in [0.15, 0.2) is 0 Å². The van der Waals surface area contributed by atoms with E-state index >= 15 is 0 Å². The third-order valence-corrected chi connectivity index (χ3v) is 5.03. The zero-order valence-corrected chi connectivity index (χ0v) is 12.1. The van der Waals surface area contributed by atoms with Crippen molar-refractivity contribution in [3.63, 3.8) is 0 Å². The van der Waals surface area contributed by atoms with Crippen LogP contribution in [0.15, 0.2) is 29.2 Å². The first-order valence-corrected chi connectivity index (χ1v) is 8.20. The number of hydrogen-bond donors (Lipinski definition) is 2. The number of likely N-dealkylation sites (tertiary alicyclic amines) is 1. The summed E-state index contributed by atoms with van der Waals surface area (Å²) in [5, 5.41) is 0. The number of nitrogens with two attached hydrogens (primary N) is 1. The van der Waals surface area contributed by atoms with Crippen molar-refractivity contribution in [2.45, 2.75) is 23.8 Å².